The molecule has 1 aromatic heterocycles. The molecule has 116 valence electrons. The highest BCUT2D eigenvalue weighted by molar-refractivity contribution is 7.00. The standard InChI is InChI=1S/C12H9F3N4O2S/c13-12(14,15)5-19-6-18(4-10(19)20)11(21)7-1-2-8-9(3-7)17-22-16-8/h1-3H,4-6H2. The number of rotatable bonds is 2. The first kappa shape index (κ1) is 14.7. The molecule has 22 heavy (non-hydrogen) atoms. The number of alkyl halides is 3. The topological polar surface area (TPSA) is 66.4 Å². The lowest BCUT2D eigenvalue weighted by Gasteiger charge is -2.19. The van der Waals surface area contributed by atoms with E-state index in [9.17, 15) is 22.8 Å². The molecule has 0 saturated carbocycles. The summed E-state index contributed by atoms with van der Waals surface area (Å²) in [6, 6.07) is 4.64. The molecule has 3 rings (SSSR count). The van der Waals surface area contributed by atoms with Gasteiger partial charge in [-0.25, -0.2) is 0 Å². The molecule has 6 nitrogen and oxygen atoms in total. The van der Waals surface area contributed by atoms with Crippen molar-refractivity contribution in [3.05, 3.63) is 23.8 Å². The van der Waals surface area contributed by atoms with Gasteiger partial charge < -0.3 is 9.80 Å². The van der Waals surface area contributed by atoms with E-state index < -0.39 is 24.5 Å². The molecule has 2 heterocycles. The third kappa shape index (κ3) is 2.86. The highest BCUT2D eigenvalue weighted by Crippen LogP contribution is 2.21. The number of aromatic nitrogens is 2. The first-order valence-electron chi connectivity index (χ1n) is 6.19. The zero-order chi connectivity index (χ0) is 15.9. The van der Waals surface area contributed by atoms with E-state index in [0.29, 0.717) is 15.9 Å². The van der Waals surface area contributed by atoms with Gasteiger partial charge in [-0.05, 0) is 18.2 Å². The molecule has 1 saturated heterocycles. The summed E-state index contributed by atoms with van der Waals surface area (Å²) in [5.74, 6) is -1.23. The van der Waals surface area contributed by atoms with Crippen molar-refractivity contribution < 1.29 is 22.8 Å². The van der Waals surface area contributed by atoms with E-state index in [1.54, 1.807) is 6.07 Å². The summed E-state index contributed by atoms with van der Waals surface area (Å²) < 4.78 is 45.1. The first-order chi connectivity index (χ1) is 10.3. The number of fused-ring (bicyclic) bond motifs is 1. The second-order valence-electron chi connectivity index (χ2n) is 4.82. The lowest BCUT2D eigenvalue weighted by Crippen LogP contribution is -2.37. The molecule has 1 aliphatic heterocycles. The zero-order valence-corrected chi connectivity index (χ0v) is 11.8. The van der Waals surface area contributed by atoms with E-state index in [2.05, 4.69) is 8.75 Å². The Hall–Kier alpha value is -2.23. The van der Waals surface area contributed by atoms with Gasteiger partial charge in [0.15, 0.2) is 0 Å². The van der Waals surface area contributed by atoms with Crippen LogP contribution in [0.2, 0.25) is 0 Å². The largest absolute Gasteiger partial charge is 0.406 e. The predicted molar refractivity (Wildman–Crippen MR) is 71.1 cm³/mol. The van der Waals surface area contributed by atoms with Crippen molar-refractivity contribution in [2.75, 3.05) is 19.8 Å². The van der Waals surface area contributed by atoms with Crippen molar-refractivity contribution in [2.45, 2.75) is 6.18 Å². The van der Waals surface area contributed by atoms with Crippen LogP contribution in [0.4, 0.5) is 13.2 Å². The van der Waals surface area contributed by atoms with Gasteiger partial charge in [-0.1, -0.05) is 0 Å². The van der Waals surface area contributed by atoms with E-state index in [1.807, 2.05) is 0 Å². The van der Waals surface area contributed by atoms with Crippen LogP contribution in [0.5, 0.6) is 0 Å². The Labute approximate surface area is 126 Å². The molecule has 2 aromatic rings. The molecule has 0 unspecified atom stereocenters. The SMILES string of the molecule is O=C1CN(C(=O)c2ccc3nsnc3c2)CN1CC(F)(F)F. The van der Waals surface area contributed by atoms with Crippen LogP contribution in [0.3, 0.4) is 0 Å². The Kier molecular flexibility index (Phi) is 3.47. The second-order valence-corrected chi connectivity index (χ2v) is 5.35. The maximum atomic E-state index is 12.4. The Morgan fingerprint density at radius 3 is 2.73 bits per heavy atom. The van der Waals surface area contributed by atoms with Gasteiger partial charge in [0.2, 0.25) is 5.91 Å². The molecule has 0 radical (unpaired) electrons. The van der Waals surface area contributed by atoms with E-state index in [1.165, 1.54) is 12.1 Å². The number of carbonyl (C=O) groups excluding carboxylic acids is 2. The third-order valence-corrected chi connectivity index (χ3v) is 3.74. The second kappa shape index (κ2) is 5.20. The summed E-state index contributed by atoms with van der Waals surface area (Å²) >= 11 is 1.00. The lowest BCUT2D eigenvalue weighted by atomic mass is 10.2. The van der Waals surface area contributed by atoms with Crippen LogP contribution < -0.4 is 0 Å². The molecule has 0 atom stereocenters. The van der Waals surface area contributed by atoms with Gasteiger partial charge in [0, 0.05) is 5.56 Å². The fraction of sp³-hybridized carbons (Fsp3) is 0.333. The monoisotopic (exact) mass is 330 g/mol. The molecule has 1 aliphatic rings. The van der Waals surface area contributed by atoms with Crippen LogP contribution in [0.15, 0.2) is 18.2 Å². The normalized spacial score (nSPS) is 15.9. The quantitative estimate of drug-likeness (QED) is 0.837. The number of hydrogen-bond acceptors (Lipinski definition) is 5. The number of carbonyl (C=O) groups is 2. The summed E-state index contributed by atoms with van der Waals surface area (Å²) in [6.45, 7) is -2.09. The number of benzene rings is 1. The van der Waals surface area contributed by atoms with Crippen LogP contribution in [0.25, 0.3) is 11.0 Å². The summed E-state index contributed by atoms with van der Waals surface area (Å²) in [6.07, 6.45) is -4.49. The van der Waals surface area contributed by atoms with Crippen LogP contribution in [-0.4, -0.2) is 56.3 Å². The lowest BCUT2D eigenvalue weighted by molar-refractivity contribution is -0.157. The molecular weight excluding hydrogens is 321 g/mol. The summed E-state index contributed by atoms with van der Waals surface area (Å²) in [5.41, 5.74) is 1.44. The maximum absolute atomic E-state index is 12.4. The molecular formula is C12H9F3N4O2S. The van der Waals surface area contributed by atoms with Crippen LogP contribution in [0, 0.1) is 0 Å². The van der Waals surface area contributed by atoms with Crippen LogP contribution in [-0.2, 0) is 4.79 Å². The fourth-order valence-corrected chi connectivity index (χ4v) is 2.70. The molecule has 0 N–H and O–H groups in total. The Morgan fingerprint density at radius 1 is 1.27 bits per heavy atom. The van der Waals surface area contributed by atoms with E-state index in [4.69, 9.17) is 0 Å². The zero-order valence-electron chi connectivity index (χ0n) is 11.0. The minimum Gasteiger partial charge on any atom is -0.314 e. The van der Waals surface area contributed by atoms with Gasteiger partial charge in [0.1, 0.15) is 24.1 Å². The van der Waals surface area contributed by atoms with Crippen LogP contribution >= 0.6 is 11.7 Å². The number of hydrogen-bond donors (Lipinski definition) is 0. The van der Waals surface area contributed by atoms with Crippen LogP contribution in [0.1, 0.15) is 10.4 Å². The Balaban J connectivity index is 1.76. The highest BCUT2D eigenvalue weighted by atomic mass is 32.1. The average Bonchev–Trinajstić information content (AvgIpc) is 3.03. The van der Waals surface area contributed by atoms with E-state index >= 15 is 0 Å². The van der Waals surface area contributed by atoms with Gasteiger partial charge in [0.25, 0.3) is 5.91 Å². The molecule has 2 amide bonds. The Bertz CT molecular complexity index is 745. The van der Waals surface area contributed by atoms with Crippen molar-refractivity contribution >= 4 is 34.6 Å². The smallest absolute Gasteiger partial charge is 0.314 e. The number of nitrogens with zero attached hydrogens (tertiary/aromatic N) is 4. The predicted octanol–water partition coefficient (Wildman–Crippen LogP) is 1.50. The minimum atomic E-state index is -4.49. The van der Waals surface area contributed by atoms with Crippen molar-refractivity contribution in [2.24, 2.45) is 0 Å². The van der Waals surface area contributed by atoms with Crippen molar-refractivity contribution in [3.63, 3.8) is 0 Å². The molecule has 0 bridgehead atoms. The fourth-order valence-electron chi connectivity index (χ4n) is 2.19. The minimum absolute atomic E-state index is 0.266. The van der Waals surface area contributed by atoms with Gasteiger partial charge in [-0.3, -0.25) is 9.59 Å². The maximum Gasteiger partial charge on any atom is 0.406 e. The van der Waals surface area contributed by atoms with Gasteiger partial charge in [-0.2, -0.15) is 21.9 Å². The van der Waals surface area contributed by atoms with Crippen molar-refractivity contribution in [3.8, 4) is 0 Å². The Morgan fingerprint density at radius 2 is 2.00 bits per heavy atom. The molecule has 0 spiro atoms. The van der Waals surface area contributed by atoms with E-state index in [-0.39, 0.29) is 18.8 Å². The van der Waals surface area contributed by atoms with Crippen molar-refractivity contribution in [1.82, 2.24) is 18.5 Å². The third-order valence-electron chi connectivity index (χ3n) is 3.18. The number of amides is 2. The van der Waals surface area contributed by atoms with E-state index in [0.717, 1.165) is 16.6 Å². The molecule has 0 aliphatic carbocycles. The highest BCUT2D eigenvalue weighted by Gasteiger charge is 2.39. The molecule has 10 heteroatoms. The van der Waals surface area contributed by atoms with Gasteiger partial charge in [0.05, 0.1) is 18.4 Å². The summed E-state index contributed by atoms with van der Waals surface area (Å²) in [7, 11) is 0. The van der Waals surface area contributed by atoms with Gasteiger partial charge in [-0.15, -0.1) is 0 Å². The molecule has 1 aromatic carbocycles. The molecule has 1 fully saturated rings. The first-order valence-corrected chi connectivity index (χ1v) is 6.93. The summed E-state index contributed by atoms with van der Waals surface area (Å²) in [5, 5.41) is 0. The average molecular weight is 330 g/mol. The van der Waals surface area contributed by atoms with Gasteiger partial charge >= 0.3 is 6.18 Å². The number of halogens is 3. The summed E-state index contributed by atoms with van der Waals surface area (Å²) in [4.78, 5) is 25.6. The van der Waals surface area contributed by atoms with Crippen molar-refractivity contribution in [1.29, 1.82) is 0 Å².